The van der Waals surface area contributed by atoms with Crippen molar-refractivity contribution < 1.29 is 9.90 Å². The second-order valence-electron chi connectivity index (χ2n) is 2.98. The van der Waals surface area contributed by atoms with Crippen molar-refractivity contribution in [3.8, 4) is 0 Å². The van der Waals surface area contributed by atoms with Gasteiger partial charge in [-0.25, -0.2) is 10.9 Å². The first-order chi connectivity index (χ1) is 4.97. The van der Waals surface area contributed by atoms with Gasteiger partial charge in [-0.3, -0.25) is 4.79 Å². The number of aliphatic carboxylic acids is 1. The molecule has 0 aromatic rings. The van der Waals surface area contributed by atoms with Crippen molar-refractivity contribution in [2.45, 2.75) is 24.3 Å². The minimum absolute atomic E-state index is 0.0139. The summed E-state index contributed by atoms with van der Waals surface area (Å²) in [5.74, 6) is -0.811. The zero-order valence-electron chi connectivity index (χ0n) is 6.39. The Balaban J connectivity index is 2.53. The fourth-order valence-corrected chi connectivity index (χ4v) is 1.36. The molecule has 2 atom stereocenters. The van der Waals surface area contributed by atoms with Crippen LogP contribution in [0.3, 0.4) is 0 Å². The number of carbonyl (C=O) groups is 1. The molecule has 0 saturated carbocycles. The molecule has 0 radical (unpaired) electrons. The third-order valence-corrected chi connectivity index (χ3v) is 3.29. The third kappa shape index (κ3) is 1.72. The van der Waals surface area contributed by atoms with Gasteiger partial charge in [0, 0.05) is 5.92 Å². The normalized spacial score (nSPS) is 25.7. The summed E-state index contributed by atoms with van der Waals surface area (Å²) in [6.45, 7) is 3.80. The van der Waals surface area contributed by atoms with E-state index in [-0.39, 0.29) is 11.6 Å². The van der Waals surface area contributed by atoms with Crippen molar-refractivity contribution in [2.75, 3.05) is 0 Å². The van der Waals surface area contributed by atoms with Crippen LogP contribution in [0.1, 0.15) is 13.8 Å². The zero-order valence-corrected chi connectivity index (χ0v) is 7.97. The van der Waals surface area contributed by atoms with Crippen molar-refractivity contribution in [3.63, 3.8) is 0 Å². The van der Waals surface area contributed by atoms with Gasteiger partial charge in [0.15, 0.2) is 0 Å². The van der Waals surface area contributed by atoms with Crippen LogP contribution in [0, 0.1) is 5.92 Å². The zero-order chi connectivity index (χ0) is 8.65. The highest BCUT2D eigenvalue weighted by molar-refractivity contribution is 9.10. The molecule has 2 unspecified atom stereocenters. The molecule has 1 rings (SSSR count). The molecule has 1 aliphatic heterocycles. The fraction of sp³-hybridized carbons (Fsp3) is 0.833. The lowest BCUT2D eigenvalue weighted by molar-refractivity contribution is -0.137. The van der Waals surface area contributed by atoms with Gasteiger partial charge >= 0.3 is 5.97 Å². The highest BCUT2D eigenvalue weighted by atomic mass is 79.9. The monoisotopic (exact) mass is 222 g/mol. The Bertz CT molecular complexity index is 181. The summed E-state index contributed by atoms with van der Waals surface area (Å²) in [7, 11) is 0. The summed E-state index contributed by atoms with van der Waals surface area (Å²) in [5, 5.41) is 8.64. The van der Waals surface area contributed by atoms with Crippen LogP contribution in [0.2, 0.25) is 0 Å². The molecular formula is C6H11BrN2O2. The van der Waals surface area contributed by atoms with Crippen molar-refractivity contribution >= 4 is 21.9 Å². The van der Waals surface area contributed by atoms with Crippen molar-refractivity contribution in [1.29, 1.82) is 0 Å². The highest BCUT2D eigenvalue weighted by Crippen LogP contribution is 2.28. The van der Waals surface area contributed by atoms with E-state index in [2.05, 4.69) is 26.8 Å². The molecule has 3 N–H and O–H groups in total. The molecule has 1 heterocycles. The van der Waals surface area contributed by atoms with E-state index in [1.807, 2.05) is 13.8 Å². The van der Waals surface area contributed by atoms with Crippen LogP contribution in [-0.4, -0.2) is 21.6 Å². The highest BCUT2D eigenvalue weighted by Gasteiger charge is 2.46. The van der Waals surface area contributed by atoms with Gasteiger partial charge in [-0.05, 0) is 6.92 Å². The molecule has 5 heteroatoms. The Hall–Kier alpha value is -0.130. The van der Waals surface area contributed by atoms with Crippen molar-refractivity contribution in [2.24, 2.45) is 5.92 Å². The van der Waals surface area contributed by atoms with Gasteiger partial charge in [0.25, 0.3) is 0 Å². The van der Waals surface area contributed by atoms with E-state index in [0.717, 1.165) is 0 Å². The van der Waals surface area contributed by atoms with Gasteiger partial charge < -0.3 is 5.11 Å². The molecule has 11 heavy (non-hydrogen) atoms. The Labute approximate surface area is 73.5 Å². The van der Waals surface area contributed by atoms with Gasteiger partial charge in [-0.15, -0.1) is 0 Å². The van der Waals surface area contributed by atoms with Crippen molar-refractivity contribution in [3.05, 3.63) is 0 Å². The molecule has 1 fully saturated rings. The van der Waals surface area contributed by atoms with E-state index in [1.165, 1.54) is 0 Å². The van der Waals surface area contributed by atoms with E-state index in [9.17, 15) is 4.79 Å². The number of hydrogen-bond acceptors (Lipinski definition) is 3. The number of nitrogens with one attached hydrogen (secondary N) is 2. The molecule has 0 bridgehead atoms. The standard InChI is InChI=1S/C6H11BrN2O2/c1-3(4(7)5(10)11)6(2)8-9-6/h3-4,8-9H,1-2H3,(H,10,11). The fourth-order valence-electron chi connectivity index (χ4n) is 0.833. The van der Waals surface area contributed by atoms with Crippen LogP contribution in [-0.2, 0) is 4.79 Å². The van der Waals surface area contributed by atoms with Gasteiger partial charge in [0.05, 0.1) is 5.66 Å². The van der Waals surface area contributed by atoms with Crippen molar-refractivity contribution in [1.82, 2.24) is 10.9 Å². The lowest BCUT2D eigenvalue weighted by atomic mass is 9.97. The quantitative estimate of drug-likeness (QED) is 0.474. The summed E-state index contributed by atoms with van der Waals surface area (Å²) < 4.78 is 0. The number of rotatable bonds is 3. The van der Waals surface area contributed by atoms with Crippen LogP contribution in [0.4, 0.5) is 0 Å². The minimum Gasteiger partial charge on any atom is -0.480 e. The molecule has 64 valence electrons. The minimum atomic E-state index is -0.825. The molecule has 0 aromatic heterocycles. The smallest absolute Gasteiger partial charge is 0.317 e. The number of alkyl halides is 1. The predicted molar refractivity (Wildman–Crippen MR) is 44.2 cm³/mol. The first-order valence-electron chi connectivity index (χ1n) is 3.38. The summed E-state index contributed by atoms with van der Waals surface area (Å²) >= 11 is 3.10. The lowest BCUT2D eigenvalue weighted by Gasteiger charge is -2.17. The van der Waals surface area contributed by atoms with E-state index in [0.29, 0.717) is 0 Å². The summed E-state index contributed by atoms with van der Waals surface area (Å²) in [4.78, 5) is 10.0. The van der Waals surface area contributed by atoms with E-state index in [4.69, 9.17) is 5.11 Å². The second-order valence-corrected chi connectivity index (χ2v) is 3.97. The lowest BCUT2D eigenvalue weighted by Crippen LogP contribution is -2.34. The average molecular weight is 223 g/mol. The average Bonchev–Trinajstić information content (AvgIpc) is 2.66. The maximum absolute atomic E-state index is 10.5. The molecule has 0 amide bonds. The molecule has 4 nitrogen and oxygen atoms in total. The molecule has 0 aromatic carbocycles. The third-order valence-electron chi connectivity index (χ3n) is 2.10. The predicted octanol–water partition coefficient (Wildman–Crippen LogP) is 0.295. The van der Waals surface area contributed by atoms with Crippen LogP contribution in [0.25, 0.3) is 0 Å². The van der Waals surface area contributed by atoms with Gasteiger partial charge in [-0.2, -0.15) is 0 Å². The second kappa shape index (κ2) is 2.73. The number of carboxylic acid groups (broad SMARTS) is 1. The van der Waals surface area contributed by atoms with E-state index in [1.54, 1.807) is 0 Å². The summed E-state index contributed by atoms with van der Waals surface area (Å²) in [5.41, 5.74) is 5.59. The number of hydrogen-bond donors (Lipinski definition) is 3. The van der Waals surface area contributed by atoms with Crippen LogP contribution < -0.4 is 10.9 Å². The Morgan fingerprint density at radius 1 is 1.64 bits per heavy atom. The summed E-state index contributed by atoms with van der Waals surface area (Å²) in [6, 6.07) is 0. The number of hydrazine groups is 1. The van der Waals surface area contributed by atoms with E-state index < -0.39 is 10.8 Å². The van der Waals surface area contributed by atoms with Gasteiger partial charge in [-0.1, -0.05) is 22.9 Å². The largest absolute Gasteiger partial charge is 0.480 e. The molecular weight excluding hydrogens is 212 g/mol. The molecule has 1 saturated heterocycles. The van der Waals surface area contributed by atoms with Crippen LogP contribution >= 0.6 is 15.9 Å². The van der Waals surface area contributed by atoms with Crippen LogP contribution in [0.5, 0.6) is 0 Å². The summed E-state index contributed by atoms with van der Waals surface area (Å²) in [6.07, 6.45) is 0. The maximum atomic E-state index is 10.5. The molecule has 0 aliphatic carbocycles. The SMILES string of the molecule is CC(C(Br)C(=O)O)C1(C)NN1. The first-order valence-corrected chi connectivity index (χ1v) is 4.30. The maximum Gasteiger partial charge on any atom is 0.317 e. The number of halogens is 1. The van der Waals surface area contributed by atoms with E-state index >= 15 is 0 Å². The molecule has 1 aliphatic rings. The van der Waals surface area contributed by atoms with Gasteiger partial charge in [0.1, 0.15) is 4.83 Å². The Morgan fingerprint density at radius 3 is 2.36 bits per heavy atom. The van der Waals surface area contributed by atoms with Crippen LogP contribution in [0.15, 0.2) is 0 Å². The van der Waals surface area contributed by atoms with Gasteiger partial charge in [0.2, 0.25) is 0 Å². The number of carboxylic acids is 1. The topological polar surface area (TPSA) is 81.2 Å². The first kappa shape index (κ1) is 8.96. The molecule has 0 spiro atoms. The Kier molecular flexibility index (Phi) is 2.22. The Morgan fingerprint density at radius 2 is 2.09 bits per heavy atom.